The number of rotatable bonds is 5. The first-order chi connectivity index (χ1) is 9.42. The smallest absolute Gasteiger partial charge is 0.151 e. The third kappa shape index (κ3) is 3.53. The first-order valence-corrected chi connectivity index (χ1v) is 8.87. The molecule has 0 N–H and O–H groups in total. The van der Waals surface area contributed by atoms with Crippen LogP contribution < -0.4 is 0 Å². The molecule has 0 aliphatic heterocycles. The number of thiazole rings is 1. The van der Waals surface area contributed by atoms with Crippen LogP contribution >= 0.6 is 34.9 Å². The summed E-state index contributed by atoms with van der Waals surface area (Å²) in [6.07, 6.45) is 0. The number of hydrogen-bond acceptors (Lipinski definition) is 4. The molecule has 0 amide bonds. The number of nitrogens with zero attached hydrogens (tertiary/aromatic N) is 1. The van der Waals surface area contributed by atoms with E-state index in [1.165, 1.54) is 13.9 Å². The molecule has 19 heavy (non-hydrogen) atoms. The van der Waals surface area contributed by atoms with Crippen LogP contribution in [0.3, 0.4) is 0 Å². The van der Waals surface area contributed by atoms with E-state index in [4.69, 9.17) is 0 Å². The van der Waals surface area contributed by atoms with E-state index in [2.05, 4.69) is 53.5 Å². The van der Waals surface area contributed by atoms with Crippen molar-refractivity contribution in [3.63, 3.8) is 0 Å². The van der Waals surface area contributed by atoms with Gasteiger partial charge in [0.15, 0.2) is 4.34 Å². The van der Waals surface area contributed by atoms with Crippen molar-refractivity contribution in [1.82, 2.24) is 4.98 Å². The van der Waals surface area contributed by atoms with Crippen molar-refractivity contribution in [3.8, 4) is 0 Å². The molecule has 0 fully saturated rings. The Morgan fingerprint density at radius 3 is 2.42 bits per heavy atom. The monoisotopic (exact) mass is 303 g/mol. The molecule has 3 rings (SSSR count). The number of thioether (sulfide) groups is 2. The summed E-state index contributed by atoms with van der Waals surface area (Å²) in [5, 5.41) is 0. The predicted molar refractivity (Wildman–Crippen MR) is 87.5 cm³/mol. The van der Waals surface area contributed by atoms with Gasteiger partial charge in [0.2, 0.25) is 0 Å². The highest BCUT2D eigenvalue weighted by Crippen LogP contribution is 2.30. The van der Waals surface area contributed by atoms with Crippen LogP contribution in [0, 0.1) is 0 Å². The van der Waals surface area contributed by atoms with Gasteiger partial charge in [0.1, 0.15) is 0 Å². The van der Waals surface area contributed by atoms with Crippen molar-refractivity contribution >= 4 is 45.1 Å². The van der Waals surface area contributed by atoms with Crippen molar-refractivity contribution < 1.29 is 0 Å². The van der Waals surface area contributed by atoms with Gasteiger partial charge in [0.05, 0.1) is 10.2 Å². The van der Waals surface area contributed by atoms with Gasteiger partial charge in [0.25, 0.3) is 0 Å². The number of fused-ring (bicyclic) bond motifs is 1. The zero-order valence-electron chi connectivity index (χ0n) is 10.3. The normalized spacial score (nSPS) is 10.9. The fourth-order valence-corrected chi connectivity index (χ4v) is 4.76. The van der Waals surface area contributed by atoms with Crippen molar-refractivity contribution in [1.29, 1.82) is 0 Å². The minimum absolute atomic E-state index is 1.10. The third-order valence-electron chi connectivity index (χ3n) is 2.60. The Balaban J connectivity index is 1.52. The van der Waals surface area contributed by atoms with Crippen LogP contribution in [0.5, 0.6) is 0 Å². The SMILES string of the molecule is c1ccc(SCCSc2nc3ccccc3s2)cc1. The quantitative estimate of drug-likeness (QED) is 0.476. The van der Waals surface area contributed by atoms with Crippen LogP contribution in [0.1, 0.15) is 0 Å². The molecule has 2 aromatic carbocycles. The maximum absolute atomic E-state index is 4.63. The van der Waals surface area contributed by atoms with E-state index in [1.807, 2.05) is 29.6 Å². The van der Waals surface area contributed by atoms with E-state index in [0.29, 0.717) is 0 Å². The molecular weight excluding hydrogens is 290 g/mol. The van der Waals surface area contributed by atoms with Crippen LogP contribution in [0.2, 0.25) is 0 Å². The molecule has 0 bridgehead atoms. The summed E-state index contributed by atoms with van der Waals surface area (Å²) in [7, 11) is 0. The van der Waals surface area contributed by atoms with Gasteiger partial charge in [-0.1, -0.05) is 42.1 Å². The first kappa shape index (κ1) is 13.0. The molecule has 0 unspecified atom stereocenters. The average Bonchev–Trinajstić information content (AvgIpc) is 2.87. The average molecular weight is 303 g/mol. The Bertz CT molecular complexity index is 616. The van der Waals surface area contributed by atoms with Gasteiger partial charge in [0, 0.05) is 16.4 Å². The lowest BCUT2D eigenvalue weighted by atomic mass is 10.3. The molecule has 4 heteroatoms. The second-order valence-electron chi connectivity index (χ2n) is 3.96. The topological polar surface area (TPSA) is 12.9 Å². The Labute approximate surface area is 125 Å². The lowest BCUT2D eigenvalue weighted by Crippen LogP contribution is -1.83. The first-order valence-electron chi connectivity index (χ1n) is 6.08. The van der Waals surface area contributed by atoms with Crippen LogP contribution in [0.25, 0.3) is 10.2 Å². The van der Waals surface area contributed by atoms with Gasteiger partial charge in [-0.3, -0.25) is 0 Å². The highest BCUT2D eigenvalue weighted by molar-refractivity contribution is 8.03. The van der Waals surface area contributed by atoms with Gasteiger partial charge < -0.3 is 0 Å². The molecule has 1 nitrogen and oxygen atoms in total. The molecule has 3 aromatic rings. The van der Waals surface area contributed by atoms with Crippen molar-refractivity contribution in [2.45, 2.75) is 9.24 Å². The number of benzene rings is 2. The summed E-state index contributed by atoms with van der Waals surface area (Å²) >= 11 is 5.54. The maximum Gasteiger partial charge on any atom is 0.151 e. The summed E-state index contributed by atoms with van der Waals surface area (Å²) in [6, 6.07) is 18.9. The molecule has 0 saturated carbocycles. The number of aromatic nitrogens is 1. The molecule has 0 spiro atoms. The van der Waals surface area contributed by atoms with E-state index >= 15 is 0 Å². The van der Waals surface area contributed by atoms with E-state index in [1.54, 1.807) is 11.3 Å². The van der Waals surface area contributed by atoms with Crippen molar-refractivity contribution in [2.24, 2.45) is 0 Å². The zero-order chi connectivity index (χ0) is 12.9. The van der Waals surface area contributed by atoms with Crippen LogP contribution in [-0.2, 0) is 0 Å². The molecule has 1 heterocycles. The van der Waals surface area contributed by atoms with E-state index in [9.17, 15) is 0 Å². The highest BCUT2D eigenvalue weighted by atomic mass is 32.2. The van der Waals surface area contributed by atoms with Gasteiger partial charge in [-0.25, -0.2) is 4.98 Å². The van der Waals surface area contributed by atoms with E-state index < -0.39 is 0 Å². The second-order valence-corrected chi connectivity index (χ2v) is 7.50. The maximum atomic E-state index is 4.63. The number of para-hydroxylation sites is 1. The minimum atomic E-state index is 1.10. The number of hydrogen-bond donors (Lipinski definition) is 0. The molecule has 0 aliphatic carbocycles. The van der Waals surface area contributed by atoms with Gasteiger partial charge >= 0.3 is 0 Å². The Morgan fingerprint density at radius 1 is 0.842 bits per heavy atom. The molecule has 0 aliphatic rings. The van der Waals surface area contributed by atoms with E-state index in [0.717, 1.165) is 17.0 Å². The summed E-state index contributed by atoms with van der Waals surface area (Å²) < 4.78 is 2.45. The van der Waals surface area contributed by atoms with E-state index in [-0.39, 0.29) is 0 Å². The minimum Gasteiger partial charge on any atom is -0.230 e. The molecule has 96 valence electrons. The largest absolute Gasteiger partial charge is 0.230 e. The van der Waals surface area contributed by atoms with Gasteiger partial charge in [-0.05, 0) is 24.3 Å². The lowest BCUT2D eigenvalue weighted by molar-refractivity contribution is 1.30. The molecular formula is C15H13NS3. The van der Waals surface area contributed by atoms with Crippen LogP contribution in [0.15, 0.2) is 63.8 Å². The van der Waals surface area contributed by atoms with Crippen molar-refractivity contribution in [3.05, 3.63) is 54.6 Å². The standard InChI is InChI=1S/C15H13NS3/c1-2-6-12(7-3-1)17-10-11-18-15-16-13-8-4-5-9-14(13)19-15/h1-9H,10-11H2. The third-order valence-corrected chi connectivity index (χ3v) is 6.05. The second kappa shape index (κ2) is 6.46. The summed E-state index contributed by atoms with van der Waals surface area (Å²) in [5.41, 5.74) is 1.12. The fourth-order valence-electron chi connectivity index (χ4n) is 1.72. The fraction of sp³-hybridized carbons (Fsp3) is 0.133. The highest BCUT2D eigenvalue weighted by Gasteiger charge is 2.03. The van der Waals surface area contributed by atoms with Crippen molar-refractivity contribution in [2.75, 3.05) is 11.5 Å². The summed E-state index contributed by atoms with van der Waals surface area (Å²) in [4.78, 5) is 5.97. The zero-order valence-corrected chi connectivity index (χ0v) is 12.7. The van der Waals surface area contributed by atoms with Crippen LogP contribution in [0.4, 0.5) is 0 Å². The lowest BCUT2D eigenvalue weighted by Gasteiger charge is -1.99. The van der Waals surface area contributed by atoms with Gasteiger partial charge in [-0.15, -0.1) is 23.1 Å². The predicted octanol–water partition coefficient (Wildman–Crippen LogP) is 5.18. The Hall–Kier alpha value is -0.970. The summed E-state index contributed by atoms with van der Waals surface area (Å²) in [6.45, 7) is 0. The molecule has 0 atom stereocenters. The Kier molecular flexibility index (Phi) is 4.43. The van der Waals surface area contributed by atoms with Crippen LogP contribution in [-0.4, -0.2) is 16.5 Å². The molecule has 1 aromatic heterocycles. The summed E-state index contributed by atoms with van der Waals surface area (Å²) in [5.74, 6) is 2.21. The molecule has 0 radical (unpaired) electrons. The molecule has 0 saturated heterocycles. The van der Waals surface area contributed by atoms with Gasteiger partial charge in [-0.2, -0.15) is 0 Å². The Morgan fingerprint density at radius 2 is 1.58 bits per heavy atom.